The summed E-state index contributed by atoms with van der Waals surface area (Å²) in [6.45, 7) is 11.2. The van der Waals surface area contributed by atoms with Crippen LogP contribution in [0.15, 0.2) is 126 Å². The minimum Gasteiger partial charge on any atom is -0.511 e. The van der Waals surface area contributed by atoms with E-state index < -0.39 is 23.1 Å². The number of nitrogens with zero attached hydrogens (tertiary/aromatic N) is 9. The summed E-state index contributed by atoms with van der Waals surface area (Å²) >= 11 is 16.5. The molecule has 4 fully saturated rings. The van der Waals surface area contributed by atoms with E-state index in [1.807, 2.05) is 84.2 Å². The maximum Gasteiger partial charge on any atom is 0.424 e. The van der Waals surface area contributed by atoms with Gasteiger partial charge in [-0.05, 0) is 258 Å². The van der Waals surface area contributed by atoms with Gasteiger partial charge in [-0.15, -0.1) is 0 Å². The maximum absolute atomic E-state index is 12.9. The molecule has 32 heteroatoms. The number of aromatic hydroxyl groups is 1. The average Bonchev–Trinajstić information content (AvgIpc) is 1.59. The number of aliphatic hydroxyl groups excluding tert-OH is 1. The van der Waals surface area contributed by atoms with Crippen LogP contribution in [0.1, 0.15) is 221 Å². The third-order valence-electron chi connectivity index (χ3n) is 27.4. The van der Waals surface area contributed by atoms with Gasteiger partial charge in [0.05, 0.1) is 51.4 Å². The summed E-state index contributed by atoms with van der Waals surface area (Å²) in [7, 11) is 0. The highest BCUT2D eigenvalue weighted by Crippen LogP contribution is 2.47. The van der Waals surface area contributed by atoms with E-state index in [0.29, 0.717) is 84.4 Å². The second kappa shape index (κ2) is 35.9. The van der Waals surface area contributed by atoms with Gasteiger partial charge in [-0.1, -0.05) is 141 Å². The number of nitrogen functional groups attached to an aromatic ring is 3. The van der Waals surface area contributed by atoms with E-state index in [2.05, 4.69) is 122 Å². The van der Waals surface area contributed by atoms with Crippen molar-refractivity contribution in [3.05, 3.63) is 216 Å². The number of nitrogens with one attached hydrogen (secondary N) is 5. The van der Waals surface area contributed by atoms with Gasteiger partial charge >= 0.3 is 6.09 Å². The Hall–Kier alpha value is -10.7. The molecule has 15 N–H and O–H groups in total. The summed E-state index contributed by atoms with van der Waals surface area (Å²) in [6.07, 6.45) is 25.0. The van der Waals surface area contributed by atoms with Crippen LogP contribution in [0.3, 0.4) is 0 Å². The fraction of sp³-hybridized carbons (Fsp3) is 0.474. The number of carbonyl (C=O) groups excluding carboxylic acids is 6. The van der Waals surface area contributed by atoms with Gasteiger partial charge in [0.2, 0.25) is 0 Å². The Morgan fingerprint density at radius 3 is 1.16 bits per heavy atom. The van der Waals surface area contributed by atoms with Crippen molar-refractivity contribution in [3.63, 3.8) is 0 Å². The standard InChI is InChI=1S/C21H26N4O2.C19H21BrN4O.C19H22N4O2.C14H10BrClN2O.C14H11BrN2O2.C10H20N2O2/c1-2-27-16-6-5-14-10-21(11-15(14)9-16)12-17-18(20(26)23-21)19(22)25(24-17)8-7-13-3-4-13;20-14-4-3-12-8-19(9-13(12)7-14)10-15-16(18(25)22-19)17(21)24(23-15)6-5-11-1-2-11;20-17-16-15(22-23(17)6-5-11-1-2-11)10-19(21-18(16)25)8-12-3-4-14(24)7-13(12)9-19;15-10-2-1-8-4-14(5-9(8)3-10)6-12(16)11(7-17)13(19)18-14;15-10-2-1-8-4-14(5-9(8)3-10)6-12(18)11(7-16)13(19)17-14;1-10(2,3)14-9(13)12(11)7-6-8-4-5-8/h5-6,9,13H,2-4,7-8,10-12,22H2,1H3,(H,23,26);3-4,7,11H,1-2,5-6,8-10,21H2,(H,22,25);3-4,7,11,24H,1-2,5-6,8-10,20H2,(H,21,25);1-3H,4-6H2,(H,18,19);1-3,18H,4-6H2,(H,17,19);8H,4-7,11H2,1-3H3. The number of nitriles is 2. The zero-order valence-corrected chi connectivity index (χ0v) is 78.6. The van der Waals surface area contributed by atoms with Gasteiger partial charge < -0.3 is 63.5 Å². The van der Waals surface area contributed by atoms with E-state index >= 15 is 0 Å². The van der Waals surface area contributed by atoms with Crippen LogP contribution in [0.2, 0.25) is 0 Å². The SMILES string of the molecule is CC(C)(C)OC(=O)N(N)CCC1CC1.CCOc1ccc2c(c1)CC1(C2)Cc2nn(CCC3CC3)c(N)c2C(=O)N1.N#CC1=C(Cl)CC2(Cc3ccc(Br)cc3C2)NC1=O.N#CC1=C(O)CC2(Cc3ccc(Br)cc3C2)NC1=O.Nc1c2c(nn1CCC1CC1)CC1(Cc3ccc(Br)cc3C1)NC2=O.Nc1c2c(nn1CCC1CC1)CC1(Cc3ccc(O)cc3C1)NC2=O. The van der Waals surface area contributed by atoms with Gasteiger partial charge in [0.25, 0.3) is 29.5 Å². The minimum atomic E-state index is -0.482. The van der Waals surface area contributed by atoms with Crippen molar-refractivity contribution < 1.29 is 48.5 Å². The van der Waals surface area contributed by atoms with Crippen LogP contribution in [0.4, 0.5) is 22.2 Å². The van der Waals surface area contributed by atoms with Crippen LogP contribution in [-0.4, -0.2) is 127 Å². The molecule has 129 heavy (non-hydrogen) atoms. The molecule has 4 saturated carbocycles. The molecule has 5 aliphatic heterocycles. The number of phenolic OH excluding ortho intramolecular Hbond substituents is 1. The zero-order chi connectivity index (χ0) is 91.0. The first kappa shape index (κ1) is 90.2. The molecule has 6 amide bonds. The van der Waals surface area contributed by atoms with Gasteiger partial charge in [-0.25, -0.2) is 29.7 Å². The molecular formula is C97H110Br3ClN18O10. The number of hydrogen-bond acceptors (Lipinski definition) is 19. The molecule has 5 spiro atoms. The lowest BCUT2D eigenvalue weighted by molar-refractivity contribution is -0.120. The van der Waals surface area contributed by atoms with Crippen molar-refractivity contribution in [2.75, 3.05) is 30.4 Å². The van der Waals surface area contributed by atoms with Crippen LogP contribution in [0, 0.1) is 46.3 Å². The van der Waals surface area contributed by atoms with E-state index in [4.69, 9.17) is 64.8 Å². The number of aliphatic hydroxyl groups is 1. The van der Waals surface area contributed by atoms with Crippen LogP contribution in [0.25, 0.3) is 0 Å². The molecule has 14 aliphatic rings. The summed E-state index contributed by atoms with van der Waals surface area (Å²) < 4.78 is 19.4. The minimum absolute atomic E-state index is 0.0458. The van der Waals surface area contributed by atoms with Crippen molar-refractivity contribution >= 4 is 112 Å². The highest BCUT2D eigenvalue weighted by Gasteiger charge is 2.51. The summed E-state index contributed by atoms with van der Waals surface area (Å²) in [6, 6.07) is 33.9. The second-order valence-electron chi connectivity index (χ2n) is 39.1. The molecule has 5 aromatic carbocycles. The van der Waals surface area contributed by atoms with E-state index in [1.54, 1.807) is 18.2 Å². The van der Waals surface area contributed by atoms with Crippen molar-refractivity contribution in [1.82, 2.24) is 60.9 Å². The third-order valence-corrected chi connectivity index (χ3v) is 29.2. The van der Waals surface area contributed by atoms with Crippen molar-refractivity contribution in [1.29, 1.82) is 10.5 Å². The lowest BCUT2D eigenvalue weighted by Gasteiger charge is -2.33. The fourth-order valence-electron chi connectivity index (χ4n) is 20.4. The Morgan fingerprint density at radius 2 is 0.798 bits per heavy atom. The molecule has 0 bridgehead atoms. The number of fused-ring (bicyclic) bond motifs is 8. The molecule has 0 saturated heterocycles. The maximum atomic E-state index is 12.9. The Balaban J connectivity index is 0.000000110. The highest BCUT2D eigenvalue weighted by atomic mass is 79.9. The largest absolute Gasteiger partial charge is 0.511 e. The monoisotopic (exact) mass is 1960 g/mol. The third kappa shape index (κ3) is 20.1. The first-order valence-corrected chi connectivity index (χ1v) is 47.7. The average molecular weight is 1960 g/mol. The smallest absolute Gasteiger partial charge is 0.424 e. The molecule has 22 rings (SSSR count). The summed E-state index contributed by atoms with van der Waals surface area (Å²) in [5, 5.41) is 68.6. The number of halogens is 4. The van der Waals surface area contributed by atoms with Crippen molar-refractivity contribution in [2.45, 2.75) is 254 Å². The van der Waals surface area contributed by atoms with Gasteiger partial charge in [-0.3, -0.25) is 24.0 Å². The van der Waals surface area contributed by atoms with E-state index in [-0.39, 0.29) is 68.4 Å². The number of carbonyl (C=O) groups is 6. The number of benzene rings is 5. The number of aromatic nitrogens is 6. The number of hydrogen-bond donors (Lipinski definition) is 11. The molecule has 8 aromatic rings. The van der Waals surface area contributed by atoms with Crippen LogP contribution < -0.4 is 54.4 Å². The number of hydrazine groups is 1. The van der Waals surface area contributed by atoms with Crippen LogP contribution in [0.5, 0.6) is 11.5 Å². The second-order valence-corrected chi connectivity index (χ2v) is 42.3. The lowest BCUT2D eigenvalue weighted by atomic mass is 9.85. The van der Waals surface area contributed by atoms with E-state index in [9.17, 15) is 39.0 Å². The quantitative estimate of drug-likeness (QED) is 0.0274. The number of ether oxygens (including phenoxy) is 2. The van der Waals surface area contributed by atoms with Gasteiger partial charge in [-0.2, -0.15) is 25.8 Å². The van der Waals surface area contributed by atoms with Gasteiger partial charge in [0, 0.05) is 76.7 Å². The van der Waals surface area contributed by atoms with Gasteiger partial charge in [0.1, 0.15) is 74.7 Å². The topological polar surface area (TPSA) is 430 Å². The number of anilines is 3. The zero-order valence-electron chi connectivity index (χ0n) is 73.1. The summed E-state index contributed by atoms with van der Waals surface area (Å²) in [4.78, 5) is 73.6. The molecule has 0 radical (unpaired) electrons. The molecule has 3 aromatic heterocycles. The van der Waals surface area contributed by atoms with E-state index in [1.165, 1.54) is 106 Å². The molecule has 5 atom stereocenters. The fourth-order valence-corrected chi connectivity index (χ4v) is 22.0. The van der Waals surface area contributed by atoms with Crippen LogP contribution >= 0.6 is 59.4 Å². The predicted octanol–water partition coefficient (Wildman–Crippen LogP) is 14.0. The Kier molecular flexibility index (Phi) is 25.1. The molecule has 9 aliphatic carbocycles. The number of nitrogens with two attached hydrogens (primary N) is 4. The Bertz CT molecular complexity index is 5760. The number of amides is 6. The normalized spacial score (nSPS) is 23.5. The molecule has 5 unspecified atom stereocenters. The number of rotatable bonds is 14. The Morgan fingerprint density at radius 1 is 0.473 bits per heavy atom. The van der Waals surface area contributed by atoms with Gasteiger partial charge in [0.15, 0.2) is 5.57 Å². The summed E-state index contributed by atoms with van der Waals surface area (Å²) in [5.41, 5.74) is 32.9. The predicted molar refractivity (Wildman–Crippen MR) is 498 cm³/mol. The number of phenols is 1. The molecule has 676 valence electrons. The molecule has 28 nitrogen and oxygen atoms in total. The van der Waals surface area contributed by atoms with Crippen molar-refractivity contribution in [3.8, 4) is 23.6 Å². The number of aryl methyl sites for hydroxylation is 3. The van der Waals surface area contributed by atoms with E-state index in [0.717, 1.165) is 175 Å². The first-order chi connectivity index (χ1) is 61.6. The molecular weight excluding hydrogens is 1850 g/mol. The first-order valence-electron chi connectivity index (χ1n) is 45.0. The van der Waals surface area contributed by atoms with Crippen LogP contribution in [-0.2, 0) is 117 Å². The lowest BCUT2D eigenvalue weighted by Crippen LogP contribution is -2.54. The molecule has 8 heterocycles. The highest BCUT2D eigenvalue weighted by molar-refractivity contribution is 9.11. The summed E-state index contributed by atoms with van der Waals surface area (Å²) in [5.74, 6) is 10.3. The Labute approximate surface area is 780 Å². The van der Waals surface area contributed by atoms with Crippen molar-refractivity contribution in [2.24, 2.45) is 29.5 Å².